The molecular formula is C17H18N4O5S. The number of aromatic nitrogens is 3. The molecule has 0 aliphatic heterocycles. The van der Waals surface area contributed by atoms with Crippen molar-refractivity contribution in [2.24, 2.45) is 14.1 Å². The molecule has 0 N–H and O–H groups in total. The summed E-state index contributed by atoms with van der Waals surface area (Å²) in [6.45, 7) is -0.0842. The number of nitrogens with zero attached hydrogens (tertiary/aromatic N) is 4. The Balaban J connectivity index is 2.10. The van der Waals surface area contributed by atoms with Crippen molar-refractivity contribution >= 4 is 10.0 Å². The van der Waals surface area contributed by atoms with Crippen LogP contribution in [0.4, 0.5) is 0 Å². The predicted octanol–water partition coefficient (Wildman–Crippen LogP) is 0.463. The summed E-state index contributed by atoms with van der Waals surface area (Å²) < 4.78 is 34.7. The molecule has 10 heteroatoms. The van der Waals surface area contributed by atoms with Gasteiger partial charge in [-0.1, -0.05) is 6.07 Å². The summed E-state index contributed by atoms with van der Waals surface area (Å²) in [5, 5.41) is 0. The lowest BCUT2D eigenvalue weighted by atomic mass is 10.3. The van der Waals surface area contributed by atoms with Crippen molar-refractivity contribution in [2.75, 3.05) is 0 Å². The van der Waals surface area contributed by atoms with Crippen LogP contribution in [-0.4, -0.2) is 26.8 Å². The first-order chi connectivity index (χ1) is 12.8. The van der Waals surface area contributed by atoms with E-state index in [1.165, 1.54) is 20.4 Å². The van der Waals surface area contributed by atoms with Gasteiger partial charge in [-0.15, -0.1) is 0 Å². The van der Waals surface area contributed by atoms with Crippen molar-refractivity contribution in [3.05, 3.63) is 81.3 Å². The highest BCUT2D eigenvalue weighted by Gasteiger charge is 2.30. The molecule has 0 aromatic carbocycles. The van der Waals surface area contributed by atoms with Crippen molar-refractivity contribution in [2.45, 2.75) is 18.0 Å². The first-order valence-electron chi connectivity index (χ1n) is 7.99. The molecule has 3 rings (SSSR count). The molecule has 0 bridgehead atoms. The van der Waals surface area contributed by atoms with E-state index in [1.54, 1.807) is 36.7 Å². The molecule has 0 aliphatic rings. The third-order valence-corrected chi connectivity index (χ3v) is 5.80. The Morgan fingerprint density at radius 3 is 2.56 bits per heavy atom. The number of hydrogen-bond acceptors (Lipinski definition) is 6. The second-order valence-corrected chi connectivity index (χ2v) is 7.87. The van der Waals surface area contributed by atoms with Gasteiger partial charge in [0.25, 0.3) is 15.6 Å². The summed E-state index contributed by atoms with van der Waals surface area (Å²) in [5.74, 6) is 0.420. The largest absolute Gasteiger partial charge is 0.468 e. The van der Waals surface area contributed by atoms with Crippen LogP contribution in [0.3, 0.4) is 0 Å². The maximum Gasteiger partial charge on any atom is 0.330 e. The number of hydrogen-bond donors (Lipinski definition) is 0. The number of sulfonamides is 1. The van der Waals surface area contributed by atoms with E-state index in [0.717, 1.165) is 19.6 Å². The molecule has 0 atom stereocenters. The third-order valence-electron chi connectivity index (χ3n) is 4.03. The molecule has 27 heavy (non-hydrogen) atoms. The number of pyridine rings is 1. The number of furan rings is 1. The van der Waals surface area contributed by atoms with E-state index in [9.17, 15) is 18.0 Å². The molecule has 0 radical (unpaired) electrons. The van der Waals surface area contributed by atoms with Crippen LogP contribution in [0, 0.1) is 0 Å². The summed E-state index contributed by atoms with van der Waals surface area (Å²) in [4.78, 5) is 27.8. The monoisotopic (exact) mass is 390 g/mol. The van der Waals surface area contributed by atoms with Gasteiger partial charge in [0.15, 0.2) is 4.90 Å². The molecule has 3 aromatic rings. The first kappa shape index (κ1) is 18.8. The zero-order valence-corrected chi connectivity index (χ0v) is 15.6. The Kier molecular flexibility index (Phi) is 5.10. The van der Waals surface area contributed by atoms with E-state index in [4.69, 9.17) is 4.42 Å². The van der Waals surface area contributed by atoms with Crippen LogP contribution in [-0.2, 0) is 37.2 Å². The van der Waals surface area contributed by atoms with Crippen molar-refractivity contribution < 1.29 is 12.8 Å². The van der Waals surface area contributed by atoms with Gasteiger partial charge >= 0.3 is 5.69 Å². The summed E-state index contributed by atoms with van der Waals surface area (Å²) in [5.41, 5.74) is -0.841. The van der Waals surface area contributed by atoms with Crippen LogP contribution in [0.5, 0.6) is 0 Å². The molecule has 0 fully saturated rings. The Hall–Kier alpha value is -2.98. The van der Waals surface area contributed by atoms with Crippen LogP contribution < -0.4 is 11.2 Å². The second-order valence-electron chi connectivity index (χ2n) is 5.96. The molecule has 0 spiro atoms. The summed E-state index contributed by atoms with van der Waals surface area (Å²) >= 11 is 0. The number of aryl methyl sites for hydroxylation is 1. The molecule has 9 nitrogen and oxygen atoms in total. The topological polar surface area (TPSA) is 107 Å². The lowest BCUT2D eigenvalue weighted by molar-refractivity contribution is 0.357. The lowest BCUT2D eigenvalue weighted by Crippen LogP contribution is -2.42. The van der Waals surface area contributed by atoms with E-state index >= 15 is 0 Å². The zero-order valence-electron chi connectivity index (χ0n) is 14.8. The highest BCUT2D eigenvalue weighted by molar-refractivity contribution is 7.89. The normalized spacial score (nSPS) is 11.8. The molecule has 0 saturated carbocycles. The third kappa shape index (κ3) is 3.76. The average Bonchev–Trinajstić information content (AvgIpc) is 3.16. The molecule has 3 heterocycles. The van der Waals surface area contributed by atoms with E-state index < -0.39 is 26.2 Å². The molecule has 3 aromatic heterocycles. The summed E-state index contributed by atoms with van der Waals surface area (Å²) in [7, 11) is -1.59. The standard InChI is InChI=1S/C17H18N4O5S/c1-19-12-15(16(22)20(2)17(19)23)27(24,25)21(11-14-6-4-8-26-14)10-13-5-3-7-18-9-13/h3-9,12H,10-11H2,1-2H3. The van der Waals surface area contributed by atoms with Gasteiger partial charge in [0.2, 0.25) is 0 Å². The fraction of sp³-hybridized carbons (Fsp3) is 0.235. The van der Waals surface area contributed by atoms with E-state index in [1.807, 2.05) is 0 Å². The Labute approximate surface area is 155 Å². The van der Waals surface area contributed by atoms with E-state index in [-0.39, 0.29) is 13.1 Å². The van der Waals surface area contributed by atoms with E-state index in [0.29, 0.717) is 11.3 Å². The quantitative estimate of drug-likeness (QED) is 0.605. The van der Waals surface area contributed by atoms with Crippen molar-refractivity contribution in [1.82, 2.24) is 18.4 Å². The molecule has 0 amide bonds. The highest BCUT2D eigenvalue weighted by Crippen LogP contribution is 2.18. The molecule has 0 saturated heterocycles. The number of rotatable bonds is 6. The maximum atomic E-state index is 13.2. The molecule has 142 valence electrons. The van der Waals surface area contributed by atoms with E-state index in [2.05, 4.69) is 4.98 Å². The van der Waals surface area contributed by atoms with Gasteiger partial charge in [0, 0.05) is 39.2 Å². The average molecular weight is 390 g/mol. The Bertz CT molecular complexity index is 1150. The first-order valence-corrected chi connectivity index (χ1v) is 9.43. The SMILES string of the molecule is Cn1cc(S(=O)(=O)N(Cc2cccnc2)Cc2ccco2)c(=O)n(C)c1=O. The van der Waals surface area contributed by atoms with Crippen LogP contribution in [0.2, 0.25) is 0 Å². The second kappa shape index (κ2) is 7.33. The van der Waals surface area contributed by atoms with Gasteiger partial charge in [-0.05, 0) is 23.8 Å². The molecular weight excluding hydrogens is 372 g/mol. The van der Waals surface area contributed by atoms with Gasteiger partial charge in [-0.2, -0.15) is 4.31 Å². The van der Waals surface area contributed by atoms with Gasteiger partial charge in [-0.3, -0.25) is 14.3 Å². The van der Waals surface area contributed by atoms with Crippen LogP contribution in [0.25, 0.3) is 0 Å². The minimum absolute atomic E-state index is 0.0110. The van der Waals surface area contributed by atoms with Crippen LogP contribution in [0.1, 0.15) is 11.3 Å². The fourth-order valence-corrected chi connectivity index (χ4v) is 4.13. The Morgan fingerprint density at radius 1 is 1.15 bits per heavy atom. The van der Waals surface area contributed by atoms with Crippen molar-refractivity contribution in [1.29, 1.82) is 0 Å². The van der Waals surface area contributed by atoms with Gasteiger partial charge in [-0.25, -0.2) is 13.2 Å². The van der Waals surface area contributed by atoms with Crippen molar-refractivity contribution in [3.63, 3.8) is 0 Å². The van der Waals surface area contributed by atoms with Gasteiger partial charge in [0.1, 0.15) is 5.76 Å². The minimum Gasteiger partial charge on any atom is -0.468 e. The smallest absolute Gasteiger partial charge is 0.330 e. The minimum atomic E-state index is -4.22. The Morgan fingerprint density at radius 2 is 1.93 bits per heavy atom. The summed E-state index contributed by atoms with van der Waals surface area (Å²) in [6.07, 6.45) is 5.61. The molecule has 0 aliphatic carbocycles. The zero-order chi connectivity index (χ0) is 19.6. The fourth-order valence-electron chi connectivity index (χ4n) is 2.59. The molecule has 0 unspecified atom stereocenters. The predicted molar refractivity (Wildman–Crippen MR) is 96.3 cm³/mol. The lowest BCUT2D eigenvalue weighted by Gasteiger charge is -2.21. The van der Waals surface area contributed by atoms with Crippen molar-refractivity contribution in [3.8, 4) is 0 Å². The highest BCUT2D eigenvalue weighted by atomic mass is 32.2. The summed E-state index contributed by atoms with van der Waals surface area (Å²) in [6, 6.07) is 6.72. The van der Waals surface area contributed by atoms with Gasteiger partial charge < -0.3 is 8.98 Å². The maximum absolute atomic E-state index is 13.2. The van der Waals surface area contributed by atoms with Gasteiger partial charge in [0.05, 0.1) is 12.8 Å². The van der Waals surface area contributed by atoms with Crippen LogP contribution >= 0.6 is 0 Å². The van der Waals surface area contributed by atoms with Crippen LogP contribution in [0.15, 0.2) is 68.0 Å².